The lowest BCUT2D eigenvalue weighted by Gasteiger charge is -2.13. The monoisotopic (exact) mass is 479 g/mol. The highest BCUT2D eigenvalue weighted by atomic mass is 32.2. The van der Waals surface area contributed by atoms with Gasteiger partial charge in [-0.1, -0.05) is 35.1 Å². The summed E-state index contributed by atoms with van der Waals surface area (Å²) in [7, 11) is 3.43. The van der Waals surface area contributed by atoms with Crippen molar-refractivity contribution in [2.75, 3.05) is 17.7 Å². The van der Waals surface area contributed by atoms with Crippen LogP contribution < -0.4 is 15.4 Å². The van der Waals surface area contributed by atoms with Crippen LogP contribution >= 0.6 is 23.1 Å². The quantitative estimate of drug-likeness (QED) is 0.353. The summed E-state index contributed by atoms with van der Waals surface area (Å²) in [5.74, 6) is 0.231. The first-order chi connectivity index (χ1) is 15.9. The van der Waals surface area contributed by atoms with Crippen molar-refractivity contribution >= 4 is 45.7 Å². The molecular weight excluding hydrogens is 458 g/mol. The van der Waals surface area contributed by atoms with E-state index < -0.39 is 6.03 Å². The third-order valence-corrected chi connectivity index (χ3v) is 6.78. The van der Waals surface area contributed by atoms with E-state index in [0.29, 0.717) is 27.7 Å². The number of amides is 2. The Hall–Kier alpha value is -3.63. The Kier molecular flexibility index (Phi) is 6.76. The van der Waals surface area contributed by atoms with Crippen LogP contribution in [0.1, 0.15) is 21.5 Å². The fourth-order valence-corrected chi connectivity index (χ4v) is 4.86. The lowest BCUT2D eigenvalue weighted by atomic mass is 9.99. The molecule has 2 N–H and O–H groups in total. The van der Waals surface area contributed by atoms with Gasteiger partial charge in [-0.15, -0.1) is 0 Å². The molecule has 0 aliphatic rings. The molecule has 2 aromatic heterocycles. The second kappa shape index (κ2) is 9.88. The number of imidazole rings is 1. The van der Waals surface area contributed by atoms with E-state index in [2.05, 4.69) is 20.6 Å². The second-order valence-corrected chi connectivity index (χ2v) is 9.36. The van der Waals surface area contributed by atoms with E-state index in [1.54, 1.807) is 48.8 Å². The number of nitrogens with one attached hydrogen (secondary N) is 2. The molecule has 0 saturated heterocycles. The molecule has 10 heteroatoms. The summed E-state index contributed by atoms with van der Waals surface area (Å²) in [5.41, 5.74) is 2.09. The molecule has 0 unspecified atom stereocenters. The van der Waals surface area contributed by atoms with Crippen LogP contribution in [0.3, 0.4) is 0 Å². The van der Waals surface area contributed by atoms with Crippen LogP contribution in [0.15, 0.2) is 70.4 Å². The van der Waals surface area contributed by atoms with Gasteiger partial charge in [-0.2, -0.15) is 0 Å². The highest BCUT2D eigenvalue weighted by Crippen LogP contribution is 2.33. The Morgan fingerprint density at radius 3 is 2.67 bits per heavy atom. The van der Waals surface area contributed by atoms with Gasteiger partial charge in [0.05, 0.1) is 28.8 Å². The zero-order valence-electron chi connectivity index (χ0n) is 18.2. The molecule has 0 bridgehead atoms. The summed E-state index contributed by atoms with van der Waals surface area (Å²) < 4.78 is 8.13. The van der Waals surface area contributed by atoms with Crippen LogP contribution in [0.4, 0.5) is 15.6 Å². The van der Waals surface area contributed by atoms with Gasteiger partial charge in [0.15, 0.2) is 16.1 Å². The zero-order valence-corrected chi connectivity index (χ0v) is 19.8. The average Bonchev–Trinajstić information content (AvgIpc) is 3.43. The number of urea groups is 1. The molecule has 0 fully saturated rings. The highest BCUT2D eigenvalue weighted by molar-refractivity contribution is 8.01. The minimum Gasteiger partial charge on any atom is -0.496 e. The number of hydrogen-bond acceptors (Lipinski definition) is 7. The van der Waals surface area contributed by atoms with E-state index in [4.69, 9.17) is 4.74 Å². The number of carbonyl (C=O) groups is 2. The van der Waals surface area contributed by atoms with Crippen molar-refractivity contribution in [1.29, 1.82) is 0 Å². The molecule has 33 heavy (non-hydrogen) atoms. The number of methoxy groups -OCH3 is 1. The Balaban J connectivity index is 1.50. The van der Waals surface area contributed by atoms with Gasteiger partial charge >= 0.3 is 6.03 Å². The van der Waals surface area contributed by atoms with E-state index in [-0.39, 0.29) is 5.78 Å². The largest absolute Gasteiger partial charge is 0.496 e. The van der Waals surface area contributed by atoms with Crippen molar-refractivity contribution in [3.05, 3.63) is 77.7 Å². The lowest BCUT2D eigenvalue weighted by Crippen LogP contribution is -2.21. The molecule has 2 aromatic carbocycles. The maximum atomic E-state index is 13.2. The topological polar surface area (TPSA) is 98.1 Å². The Labute approximate surface area is 199 Å². The van der Waals surface area contributed by atoms with Gasteiger partial charge in [0.1, 0.15) is 5.75 Å². The molecule has 0 aliphatic heterocycles. The van der Waals surface area contributed by atoms with Crippen molar-refractivity contribution < 1.29 is 14.3 Å². The Morgan fingerprint density at radius 1 is 1.09 bits per heavy atom. The first kappa shape index (κ1) is 22.6. The number of benzene rings is 2. The summed E-state index contributed by atoms with van der Waals surface area (Å²) in [6.45, 7) is 1.89. The molecule has 0 radical (unpaired) electrons. The summed E-state index contributed by atoms with van der Waals surface area (Å²) in [5, 5.41) is 6.77. The number of hydrogen-bond donors (Lipinski definition) is 2. The molecule has 2 amide bonds. The third-order valence-electron chi connectivity index (χ3n) is 4.69. The fraction of sp³-hybridized carbons (Fsp3) is 0.130. The van der Waals surface area contributed by atoms with E-state index in [9.17, 15) is 9.59 Å². The number of aryl methyl sites for hydroxylation is 2. The molecule has 2 heterocycles. The van der Waals surface area contributed by atoms with Crippen LogP contribution in [-0.4, -0.2) is 33.5 Å². The molecular formula is C23H21N5O3S2. The number of para-hydroxylation sites is 1. The maximum absolute atomic E-state index is 13.2. The van der Waals surface area contributed by atoms with Gasteiger partial charge in [-0.05, 0) is 43.0 Å². The van der Waals surface area contributed by atoms with E-state index in [0.717, 1.165) is 14.9 Å². The summed E-state index contributed by atoms with van der Waals surface area (Å²) >= 11 is 2.80. The van der Waals surface area contributed by atoms with Gasteiger partial charge in [0, 0.05) is 25.0 Å². The van der Waals surface area contributed by atoms with E-state index in [1.165, 1.54) is 30.2 Å². The fourth-order valence-electron chi connectivity index (χ4n) is 3.09. The van der Waals surface area contributed by atoms with E-state index >= 15 is 0 Å². The van der Waals surface area contributed by atoms with Crippen LogP contribution in [-0.2, 0) is 7.05 Å². The van der Waals surface area contributed by atoms with Gasteiger partial charge in [-0.25, -0.2) is 14.8 Å². The first-order valence-electron chi connectivity index (χ1n) is 9.92. The normalized spacial score (nSPS) is 10.6. The van der Waals surface area contributed by atoms with Crippen molar-refractivity contribution in [1.82, 2.24) is 14.5 Å². The zero-order chi connectivity index (χ0) is 23.4. The molecule has 8 nitrogen and oxygen atoms in total. The van der Waals surface area contributed by atoms with Crippen LogP contribution in [0.25, 0.3) is 0 Å². The third kappa shape index (κ3) is 5.24. The van der Waals surface area contributed by atoms with Gasteiger partial charge in [-0.3, -0.25) is 10.1 Å². The van der Waals surface area contributed by atoms with Crippen LogP contribution in [0.5, 0.6) is 5.75 Å². The number of aromatic nitrogens is 3. The minimum absolute atomic E-state index is 0.241. The van der Waals surface area contributed by atoms with Crippen molar-refractivity contribution in [3.8, 4) is 5.75 Å². The maximum Gasteiger partial charge on any atom is 0.325 e. The lowest BCUT2D eigenvalue weighted by molar-refractivity contribution is 0.103. The molecule has 168 valence electrons. The predicted octanol–water partition coefficient (Wildman–Crippen LogP) is 5.22. The SMILES string of the molecule is COc1ccccc1C(=O)c1cc(C)ccc1NC(=O)Nc1ncc(Sc2nccn2C)s1. The summed E-state index contributed by atoms with van der Waals surface area (Å²) in [6.07, 6.45) is 5.27. The first-order valence-corrected chi connectivity index (χ1v) is 11.6. The standard InChI is InChI=1S/C23H21N5O3S2/c1-14-8-9-17(16(12-14)20(29)15-6-4-5-7-18(15)31-3)26-21(30)27-22-25-13-19(32-22)33-23-24-10-11-28(23)2/h4-13H,1-3H3,(H2,25,26,27,30). The molecule has 4 aromatic rings. The molecule has 0 aliphatic carbocycles. The summed E-state index contributed by atoms with van der Waals surface area (Å²) in [6, 6.07) is 11.8. The number of nitrogens with zero attached hydrogens (tertiary/aromatic N) is 3. The number of carbonyl (C=O) groups excluding carboxylic acids is 2. The number of ether oxygens (including phenoxy) is 1. The number of thiazole rings is 1. The highest BCUT2D eigenvalue weighted by Gasteiger charge is 2.19. The molecule has 0 saturated carbocycles. The van der Waals surface area contributed by atoms with Crippen molar-refractivity contribution in [2.45, 2.75) is 16.3 Å². The van der Waals surface area contributed by atoms with Gasteiger partial charge < -0.3 is 14.6 Å². The van der Waals surface area contributed by atoms with E-state index in [1.807, 2.05) is 30.8 Å². The van der Waals surface area contributed by atoms with Crippen molar-refractivity contribution in [3.63, 3.8) is 0 Å². The second-order valence-electron chi connectivity index (χ2n) is 7.06. The Morgan fingerprint density at radius 2 is 1.91 bits per heavy atom. The Bertz CT molecular complexity index is 1310. The minimum atomic E-state index is -0.490. The van der Waals surface area contributed by atoms with Crippen LogP contribution in [0, 0.1) is 6.92 Å². The van der Waals surface area contributed by atoms with Crippen molar-refractivity contribution in [2.24, 2.45) is 7.05 Å². The number of anilines is 2. The van der Waals surface area contributed by atoms with Gasteiger partial charge in [0.2, 0.25) is 0 Å². The number of rotatable bonds is 7. The summed E-state index contributed by atoms with van der Waals surface area (Å²) in [4.78, 5) is 34.4. The predicted molar refractivity (Wildman–Crippen MR) is 130 cm³/mol. The van der Waals surface area contributed by atoms with Crippen LogP contribution in [0.2, 0.25) is 0 Å². The average molecular weight is 480 g/mol. The molecule has 0 atom stereocenters. The number of ketones is 1. The molecule has 4 rings (SSSR count). The molecule has 0 spiro atoms. The smallest absolute Gasteiger partial charge is 0.325 e. The van der Waals surface area contributed by atoms with Gasteiger partial charge in [0.25, 0.3) is 0 Å².